The van der Waals surface area contributed by atoms with E-state index in [9.17, 15) is 4.79 Å². The summed E-state index contributed by atoms with van der Waals surface area (Å²) >= 11 is 0. The molecular weight excluding hydrogens is 304 g/mol. The predicted molar refractivity (Wildman–Crippen MR) is 96.0 cm³/mol. The maximum absolute atomic E-state index is 11.5. The average molecular weight is 334 g/mol. The highest BCUT2D eigenvalue weighted by molar-refractivity contribution is 5.80. The van der Waals surface area contributed by atoms with Crippen LogP contribution in [-0.4, -0.2) is 50.0 Å². The Balaban J connectivity index is 1.81. The largest absolute Gasteiger partial charge is 0.469 e. The maximum atomic E-state index is 11.5. The molecule has 1 aliphatic heterocycles. The molecule has 2 N–H and O–H groups in total. The van der Waals surface area contributed by atoms with E-state index in [0.717, 1.165) is 63.6 Å². The first kappa shape index (κ1) is 18.4. The van der Waals surface area contributed by atoms with E-state index in [1.165, 1.54) is 0 Å². The third kappa shape index (κ3) is 5.91. The van der Waals surface area contributed by atoms with Gasteiger partial charge in [-0.2, -0.15) is 0 Å². The number of furan rings is 1. The molecule has 0 atom stereocenters. The molecule has 0 bridgehead atoms. The highest BCUT2D eigenvalue weighted by Crippen LogP contribution is 2.20. The normalized spacial score (nSPS) is 16.2. The molecule has 1 fully saturated rings. The van der Waals surface area contributed by atoms with Crippen molar-refractivity contribution in [1.29, 1.82) is 0 Å². The fraction of sp³-hybridized carbons (Fsp3) is 0.667. The molecule has 24 heavy (non-hydrogen) atoms. The van der Waals surface area contributed by atoms with Crippen LogP contribution in [-0.2, 0) is 11.2 Å². The number of rotatable bonds is 7. The Morgan fingerprint density at radius 3 is 2.83 bits per heavy atom. The molecule has 6 nitrogen and oxygen atoms in total. The van der Waals surface area contributed by atoms with Crippen molar-refractivity contribution < 1.29 is 9.21 Å². The van der Waals surface area contributed by atoms with Gasteiger partial charge in [-0.3, -0.25) is 9.79 Å². The van der Waals surface area contributed by atoms with Crippen molar-refractivity contribution in [2.24, 2.45) is 10.9 Å². The van der Waals surface area contributed by atoms with Crippen LogP contribution in [0.5, 0.6) is 0 Å². The number of carbonyl (C=O) groups excluding carboxylic acids is 1. The predicted octanol–water partition coefficient (Wildman–Crippen LogP) is 2.03. The molecule has 1 saturated heterocycles. The van der Waals surface area contributed by atoms with E-state index in [2.05, 4.69) is 22.5 Å². The van der Waals surface area contributed by atoms with Gasteiger partial charge in [-0.15, -0.1) is 0 Å². The van der Waals surface area contributed by atoms with Crippen molar-refractivity contribution in [3.63, 3.8) is 0 Å². The number of hydrogen-bond donors (Lipinski definition) is 2. The number of aliphatic imine (C=N–C) groups is 1. The zero-order chi connectivity index (χ0) is 17.2. The summed E-state index contributed by atoms with van der Waals surface area (Å²) in [4.78, 5) is 18.5. The topological polar surface area (TPSA) is 69.9 Å². The third-order valence-corrected chi connectivity index (χ3v) is 4.39. The second kappa shape index (κ2) is 10.0. The van der Waals surface area contributed by atoms with Crippen LogP contribution < -0.4 is 10.6 Å². The molecule has 2 heterocycles. The quantitative estimate of drug-likeness (QED) is 0.591. The summed E-state index contributed by atoms with van der Waals surface area (Å²) in [7, 11) is 1.70. The van der Waals surface area contributed by atoms with Gasteiger partial charge >= 0.3 is 0 Å². The molecule has 0 aliphatic carbocycles. The number of piperidine rings is 1. The first-order valence-electron chi connectivity index (χ1n) is 8.99. The molecule has 134 valence electrons. The Bertz CT molecular complexity index is 505. The summed E-state index contributed by atoms with van der Waals surface area (Å²) < 4.78 is 5.37. The number of amides is 1. The number of likely N-dealkylation sites (tertiary alicyclic amines) is 1. The second-order valence-corrected chi connectivity index (χ2v) is 6.27. The van der Waals surface area contributed by atoms with Gasteiger partial charge in [-0.25, -0.2) is 0 Å². The van der Waals surface area contributed by atoms with E-state index >= 15 is 0 Å². The van der Waals surface area contributed by atoms with Gasteiger partial charge in [0.2, 0.25) is 5.91 Å². The number of nitrogens with one attached hydrogen (secondary N) is 2. The molecule has 0 spiro atoms. The van der Waals surface area contributed by atoms with E-state index < -0.39 is 0 Å². The molecule has 0 saturated carbocycles. The molecule has 0 unspecified atom stereocenters. The molecule has 1 aliphatic rings. The van der Waals surface area contributed by atoms with Crippen LogP contribution in [0.25, 0.3) is 0 Å². The van der Waals surface area contributed by atoms with Crippen LogP contribution in [0, 0.1) is 5.92 Å². The molecule has 0 aromatic carbocycles. The second-order valence-electron chi connectivity index (χ2n) is 6.27. The van der Waals surface area contributed by atoms with Gasteiger partial charge in [-0.05, 0) is 37.3 Å². The zero-order valence-electron chi connectivity index (χ0n) is 14.9. The fourth-order valence-corrected chi connectivity index (χ4v) is 2.95. The molecular formula is C18H30N4O2. The van der Waals surface area contributed by atoms with Crippen LogP contribution in [0.3, 0.4) is 0 Å². The first-order valence-corrected chi connectivity index (χ1v) is 8.99. The van der Waals surface area contributed by atoms with E-state index in [1.54, 1.807) is 13.3 Å². The van der Waals surface area contributed by atoms with Crippen molar-refractivity contribution in [2.45, 2.75) is 39.0 Å². The van der Waals surface area contributed by atoms with Crippen LogP contribution >= 0.6 is 0 Å². The lowest BCUT2D eigenvalue weighted by Crippen LogP contribution is -2.46. The van der Waals surface area contributed by atoms with Gasteiger partial charge in [0.15, 0.2) is 5.96 Å². The maximum Gasteiger partial charge on any atom is 0.220 e. The van der Waals surface area contributed by atoms with Gasteiger partial charge < -0.3 is 20.0 Å². The summed E-state index contributed by atoms with van der Waals surface area (Å²) in [6, 6.07) is 3.91. The lowest BCUT2D eigenvalue weighted by Gasteiger charge is -2.34. The standard InChI is InChI=1S/C18H30N4O2/c1-3-9-20-18(21-10-6-16-5-4-13-24-16)22-11-7-15(8-12-22)14-17(23)19-2/h4-5,13,15H,3,6-12,14H2,1-2H3,(H,19,23)(H,20,21). The Morgan fingerprint density at radius 1 is 1.42 bits per heavy atom. The lowest BCUT2D eigenvalue weighted by atomic mass is 9.93. The smallest absolute Gasteiger partial charge is 0.220 e. The average Bonchev–Trinajstić information content (AvgIpc) is 3.12. The van der Waals surface area contributed by atoms with Crippen molar-refractivity contribution in [3.05, 3.63) is 24.2 Å². The first-order chi connectivity index (χ1) is 11.7. The highest BCUT2D eigenvalue weighted by Gasteiger charge is 2.23. The minimum absolute atomic E-state index is 0.143. The Labute approximate surface area is 144 Å². The number of hydrogen-bond acceptors (Lipinski definition) is 3. The van der Waals surface area contributed by atoms with Crippen LogP contribution in [0.2, 0.25) is 0 Å². The third-order valence-electron chi connectivity index (χ3n) is 4.39. The van der Waals surface area contributed by atoms with Gasteiger partial charge in [0.1, 0.15) is 5.76 Å². The van der Waals surface area contributed by atoms with E-state index in [4.69, 9.17) is 9.41 Å². The Morgan fingerprint density at radius 2 is 2.21 bits per heavy atom. The van der Waals surface area contributed by atoms with Crippen molar-refractivity contribution >= 4 is 11.9 Å². The summed E-state index contributed by atoms with van der Waals surface area (Å²) in [5, 5.41) is 6.18. The Hall–Kier alpha value is -1.98. The van der Waals surface area contributed by atoms with E-state index in [1.807, 2.05) is 12.1 Å². The van der Waals surface area contributed by atoms with Crippen LogP contribution in [0.1, 0.15) is 38.4 Å². The number of carbonyl (C=O) groups is 1. The number of nitrogens with zero attached hydrogens (tertiary/aromatic N) is 2. The van der Waals surface area contributed by atoms with E-state index in [-0.39, 0.29) is 5.91 Å². The van der Waals surface area contributed by atoms with Gasteiger partial charge in [0.05, 0.1) is 6.26 Å². The van der Waals surface area contributed by atoms with Crippen molar-refractivity contribution in [1.82, 2.24) is 15.5 Å². The molecule has 6 heteroatoms. The molecule has 0 radical (unpaired) electrons. The number of guanidine groups is 1. The minimum Gasteiger partial charge on any atom is -0.469 e. The molecule has 1 aromatic rings. The minimum atomic E-state index is 0.143. The molecule has 1 amide bonds. The van der Waals surface area contributed by atoms with Crippen molar-refractivity contribution in [3.8, 4) is 0 Å². The van der Waals surface area contributed by atoms with Gasteiger partial charge in [0.25, 0.3) is 0 Å². The van der Waals surface area contributed by atoms with E-state index in [0.29, 0.717) is 12.3 Å². The van der Waals surface area contributed by atoms with Gasteiger partial charge in [0, 0.05) is 46.1 Å². The fourth-order valence-electron chi connectivity index (χ4n) is 2.95. The SMILES string of the molecule is CCCN=C(NCCc1ccco1)N1CCC(CC(=O)NC)CC1. The van der Waals surface area contributed by atoms with Crippen LogP contribution in [0.4, 0.5) is 0 Å². The van der Waals surface area contributed by atoms with Crippen LogP contribution in [0.15, 0.2) is 27.8 Å². The summed E-state index contributed by atoms with van der Waals surface area (Å²) in [6.07, 6.45) is 6.31. The molecule has 1 aromatic heterocycles. The van der Waals surface area contributed by atoms with Crippen molar-refractivity contribution in [2.75, 3.05) is 33.2 Å². The monoisotopic (exact) mass is 334 g/mol. The lowest BCUT2D eigenvalue weighted by molar-refractivity contribution is -0.121. The van der Waals surface area contributed by atoms with Gasteiger partial charge in [-0.1, -0.05) is 6.92 Å². The molecule has 2 rings (SSSR count). The zero-order valence-corrected chi connectivity index (χ0v) is 14.9. The summed E-state index contributed by atoms with van der Waals surface area (Å²) in [6.45, 7) is 5.70. The Kier molecular flexibility index (Phi) is 7.65. The highest BCUT2D eigenvalue weighted by atomic mass is 16.3. The summed E-state index contributed by atoms with van der Waals surface area (Å²) in [5.41, 5.74) is 0. The summed E-state index contributed by atoms with van der Waals surface area (Å²) in [5.74, 6) is 2.60.